The first kappa shape index (κ1) is 17.5. The van der Waals surface area contributed by atoms with Gasteiger partial charge in [0.2, 0.25) is 0 Å². The highest BCUT2D eigenvalue weighted by atomic mass is 16.5. The minimum absolute atomic E-state index is 0.0584. The quantitative estimate of drug-likeness (QED) is 0.844. The third-order valence-electron chi connectivity index (χ3n) is 5.71. The predicted molar refractivity (Wildman–Crippen MR) is 102 cm³/mol. The van der Waals surface area contributed by atoms with E-state index >= 15 is 0 Å². The van der Waals surface area contributed by atoms with Crippen LogP contribution in [-0.4, -0.2) is 41.1 Å². The number of urea groups is 1. The smallest absolute Gasteiger partial charge is 0.322 e. The monoisotopic (exact) mass is 365 g/mol. The second kappa shape index (κ2) is 7.02. The zero-order chi connectivity index (χ0) is 19.0. The van der Waals surface area contributed by atoms with Crippen molar-refractivity contribution in [3.63, 3.8) is 0 Å². The van der Waals surface area contributed by atoms with Gasteiger partial charge in [0.15, 0.2) is 0 Å². The number of pyridine rings is 1. The van der Waals surface area contributed by atoms with Crippen LogP contribution in [0, 0.1) is 12.8 Å². The maximum Gasteiger partial charge on any atom is 0.322 e. The summed E-state index contributed by atoms with van der Waals surface area (Å²) in [6, 6.07) is 11.6. The van der Waals surface area contributed by atoms with Gasteiger partial charge in [-0.05, 0) is 56.0 Å². The van der Waals surface area contributed by atoms with Crippen LogP contribution in [0.3, 0.4) is 0 Å². The van der Waals surface area contributed by atoms with Gasteiger partial charge in [-0.25, -0.2) is 4.79 Å². The molecule has 2 saturated heterocycles. The number of carbonyl (C=O) groups is 2. The van der Waals surface area contributed by atoms with Gasteiger partial charge in [-0.1, -0.05) is 12.1 Å². The molecule has 2 aliphatic heterocycles. The SMILES string of the molecule is COC(=O)[C@@H]1CC[C@@H]2C[C@H]1N2C(=O)Nc1ccc(C)c(-c2ccccn2)c1. The molecule has 1 aromatic heterocycles. The lowest BCUT2D eigenvalue weighted by Crippen LogP contribution is -2.66. The number of rotatable bonds is 3. The molecule has 3 fully saturated rings. The van der Waals surface area contributed by atoms with E-state index in [0.717, 1.165) is 41.8 Å². The van der Waals surface area contributed by atoms with Crippen LogP contribution in [0.1, 0.15) is 24.8 Å². The number of amides is 2. The fraction of sp³-hybridized carbons (Fsp3) is 0.381. The van der Waals surface area contributed by atoms with Gasteiger partial charge >= 0.3 is 12.0 Å². The normalized spacial score (nSPS) is 23.3. The van der Waals surface area contributed by atoms with Gasteiger partial charge < -0.3 is 15.0 Å². The van der Waals surface area contributed by atoms with Crippen LogP contribution >= 0.6 is 0 Å². The summed E-state index contributed by atoms with van der Waals surface area (Å²) in [6.07, 6.45) is 4.27. The van der Waals surface area contributed by atoms with Crippen LogP contribution in [0.2, 0.25) is 0 Å². The Morgan fingerprint density at radius 3 is 2.78 bits per heavy atom. The zero-order valence-corrected chi connectivity index (χ0v) is 15.5. The molecule has 1 N–H and O–H groups in total. The van der Waals surface area contributed by atoms with E-state index in [-0.39, 0.29) is 30.0 Å². The van der Waals surface area contributed by atoms with E-state index in [4.69, 9.17) is 4.74 Å². The molecule has 1 aromatic carbocycles. The standard InChI is InChI=1S/C21H23N3O3/c1-13-6-7-14(11-17(13)18-5-3-4-10-22-18)23-21(26)24-15-8-9-16(19(24)12-15)20(25)27-2/h3-7,10-11,15-16,19H,8-9,12H2,1-2H3,(H,23,26)/t15-,16-,19-/m1/s1. The first-order chi connectivity index (χ1) is 13.1. The Morgan fingerprint density at radius 1 is 1.22 bits per heavy atom. The number of piperidine rings is 1. The minimum atomic E-state index is -0.219. The lowest BCUT2D eigenvalue weighted by atomic mass is 9.72. The largest absolute Gasteiger partial charge is 0.469 e. The van der Waals surface area contributed by atoms with Crippen molar-refractivity contribution in [2.45, 2.75) is 38.3 Å². The van der Waals surface area contributed by atoms with Crippen molar-refractivity contribution in [3.05, 3.63) is 48.2 Å². The highest BCUT2D eigenvalue weighted by Gasteiger charge is 2.52. The number of carbonyl (C=O) groups excluding carboxylic acids is 2. The van der Waals surface area contributed by atoms with Crippen molar-refractivity contribution < 1.29 is 14.3 Å². The number of esters is 1. The van der Waals surface area contributed by atoms with Crippen LogP contribution in [0.5, 0.6) is 0 Å². The average molecular weight is 365 g/mol. The number of nitrogens with zero attached hydrogens (tertiary/aromatic N) is 2. The predicted octanol–water partition coefficient (Wildman–Crippen LogP) is 3.61. The molecule has 27 heavy (non-hydrogen) atoms. The molecule has 0 radical (unpaired) electrons. The molecule has 3 heterocycles. The van der Waals surface area contributed by atoms with Crippen molar-refractivity contribution in [2.24, 2.45) is 5.92 Å². The molecule has 3 aliphatic rings. The molecule has 3 atom stereocenters. The van der Waals surface area contributed by atoms with Crippen LogP contribution < -0.4 is 5.32 Å². The van der Waals surface area contributed by atoms with E-state index in [9.17, 15) is 9.59 Å². The molecular weight excluding hydrogens is 342 g/mol. The summed E-state index contributed by atoms with van der Waals surface area (Å²) in [5.74, 6) is -0.434. The number of benzene rings is 1. The number of methoxy groups -OCH3 is 1. The van der Waals surface area contributed by atoms with Crippen molar-refractivity contribution in [3.8, 4) is 11.3 Å². The second-order valence-electron chi connectivity index (χ2n) is 7.25. The van der Waals surface area contributed by atoms with E-state index in [1.54, 1.807) is 6.20 Å². The Morgan fingerprint density at radius 2 is 2.07 bits per heavy atom. The number of nitrogens with one attached hydrogen (secondary N) is 1. The third-order valence-corrected chi connectivity index (χ3v) is 5.71. The van der Waals surface area contributed by atoms with Gasteiger partial charge in [-0.3, -0.25) is 9.78 Å². The molecule has 2 bridgehead atoms. The third kappa shape index (κ3) is 3.16. The number of aromatic nitrogens is 1. The molecule has 0 spiro atoms. The van der Waals surface area contributed by atoms with E-state index < -0.39 is 0 Å². The van der Waals surface area contributed by atoms with Crippen LogP contribution in [-0.2, 0) is 9.53 Å². The number of aryl methyl sites for hydroxylation is 1. The number of anilines is 1. The maximum absolute atomic E-state index is 12.8. The van der Waals surface area contributed by atoms with Crippen molar-refractivity contribution in [1.29, 1.82) is 0 Å². The topological polar surface area (TPSA) is 71.5 Å². The van der Waals surface area contributed by atoms with Gasteiger partial charge in [-0.2, -0.15) is 0 Å². The molecule has 0 unspecified atom stereocenters. The van der Waals surface area contributed by atoms with Gasteiger partial charge in [0.05, 0.1) is 18.7 Å². The highest BCUT2D eigenvalue weighted by molar-refractivity contribution is 5.92. The Labute approximate surface area is 158 Å². The fourth-order valence-corrected chi connectivity index (χ4v) is 4.25. The minimum Gasteiger partial charge on any atom is -0.469 e. The van der Waals surface area contributed by atoms with Gasteiger partial charge in [0.1, 0.15) is 0 Å². The molecule has 1 aliphatic carbocycles. The second-order valence-corrected chi connectivity index (χ2v) is 7.25. The summed E-state index contributed by atoms with van der Waals surface area (Å²) in [4.78, 5) is 31.0. The number of hydrogen-bond donors (Lipinski definition) is 1. The van der Waals surface area contributed by atoms with Crippen LogP contribution in [0.25, 0.3) is 11.3 Å². The van der Waals surface area contributed by atoms with Crippen molar-refractivity contribution >= 4 is 17.7 Å². The molecule has 6 nitrogen and oxygen atoms in total. The summed E-state index contributed by atoms with van der Waals surface area (Å²) in [5, 5.41) is 2.99. The lowest BCUT2D eigenvalue weighted by Gasteiger charge is -2.55. The molecule has 6 heteroatoms. The zero-order valence-electron chi connectivity index (χ0n) is 15.5. The van der Waals surface area contributed by atoms with Gasteiger partial charge in [0, 0.05) is 29.5 Å². The Kier molecular flexibility index (Phi) is 4.56. The first-order valence-corrected chi connectivity index (χ1v) is 9.27. The van der Waals surface area contributed by atoms with E-state index in [0.29, 0.717) is 0 Å². The Bertz CT molecular complexity index is 866. The van der Waals surface area contributed by atoms with Gasteiger partial charge in [-0.15, -0.1) is 0 Å². The van der Waals surface area contributed by atoms with Gasteiger partial charge in [0.25, 0.3) is 0 Å². The summed E-state index contributed by atoms with van der Waals surface area (Å²) in [5.41, 5.74) is 3.69. The Balaban J connectivity index is 1.52. The van der Waals surface area contributed by atoms with E-state index in [1.807, 2.05) is 48.2 Å². The van der Waals surface area contributed by atoms with Crippen molar-refractivity contribution in [2.75, 3.05) is 12.4 Å². The number of fused-ring (bicyclic) bond motifs is 2. The maximum atomic E-state index is 12.8. The van der Waals surface area contributed by atoms with E-state index in [1.165, 1.54) is 7.11 Å². The fourth-order valence-electron chi connectivity index (χ4n) is 4.25. The number of hydrogen-bond acceptors (Lipinski definition) is 4. The summed E-state index contributed by atoms with van der Waals surface area (Å²) in [7, 11) is 1.41. The molecule has 2 aromatic rings. The molecular formula is C21H23N3O3. The molecule has 5 rings (SSSR count). The number of ether oxygens (including phenoxy) is 1. The summed E-state index contributed by atoms with van der Waals surface area (Å²) >= 11 is 0. The lowest BCUT2D eigenvalue weighted by molar-refractivity contribution is -0.154. The van der Waals surface area contributed by atoms with Crippen molar-refractivity contribution in [1.82, 2.24) is 9.88 Å². The molecule has 1 saturated carbocycles. The highest BCUT2D eigenvalue weighted by Crippen LogP contribution is 2.42. The van der Waals surface area contributed by atoms with Crippen LogP contribution in [0.4, 0.5) is 10.5 Å². The molecule has 140 valence electrons. The van der Waals surface area contributed by atoms with E-state index in [2.05, 4.69) is 10.3 Å². The molecule has 2 amide bonds. The van der Waals surface area contributed by atoms with Crippen LogP contribution in [0.15, 0.2) is 42.6 Å². The summed E-state index contributed by atoms with van der Waals surface area (Å²) < 4.78 is 4.90. The summed E-state index contributed by atoms with van der Waals surface area (Å²) in [6.45, 7) is 2.02. The Hall–Kier alpha value is -2.89. The average Bonchev–Trinajstić information content (AvgIpc) is 2.69. The first-order valence-electron chi connectivity index (χ1n) is 9.27.